The molecule has 0 bridgehead atoms. The van der Waals surface area contributed by atoms with Crippen LogP contribution in [0.5, 0.6) is 17.2 Å². The molecule has 1 aromatic carbocycles. The number of hydrogen-bond donors (Lipinski definition) is 1. The molecule has 0 aliphatic heterocycles. The molecule has 0 saturated carbocycles. The highest BCUT2D eigenvalue weighted by Gasteiger charge is 2.31. The van der Waals surface area contributed by atoms with Gasteiger partial charge in [0.25, 0.3) is 0 Å². The number of anilines is 1. The van der Waals surface area contributed by atoms with Gasteiger partial charge in [0.15, 0.2) is 17.3 Å². The minimum Gasteiger partial charge on any atom is -0.493 e. The smallest absolute Gasteiger partial charge is 0.220 e. The van der Waals surface area contributed by atoms with Crippen LogP contribution in [0, 0.1) is 0 Å². The second kappa shape index (κ2) is 6.35. The number of nitrogens with two attached hydrogens (primary N) is 1. The molecular formula is C17H19N3O4. The Morgan fingerprint density at radius 2 is 1.83 bits per heavy atom. The van der Waals surface area contributed by atoms with Gasteiger partial charge in [-0.1, -0.05) is 6.07 Å². The summed E-state index contributed by atoms with van der Waals surface area (Å²) in [4.78, 5) is 20.6. The molecular weight excluding hydrogens is 310 g/mol. The van der Waals surface area contributed by atoms with Crippen molar-refractivity contribution in [3.63, 3.8) is 0 Å². The lowest BCUT2D eigenvalue weighted by Crippen LogP contribution is -2.21. The maximum atomic E-state index is 12.4. The van der Waals surface area contributed by atoms with Gasteiger partial charge >= 0.3 is 0 Å². The van der Waals surface area contributed by atoms with E-state index < -0.39 is 0 Å². The highest BCUT2D eigenvalue weighted by Crippen LogP contribution is 2.45. The van der Waals surface area contributed by atoms with Gasteiger partial charge in [-0.3, -0.25) is 4.79 Å². The van der Waals surface area contributed by atoms with Crippen LogP contribution in [-0.4, -0.2) is 37.1 Å². The Balaban J connectivity index is 2.05. The predicted molar refractivity (Wildman–Crippen MR) is 87.9 cm³/mol. The molecule has 1 aliphatic carbocycles. The van der Waals surface area contributed by atoms with Crippen molar-refractivity contribution < 1.29 is 19.0 Å². The van der Waals surface area contributed by atoms with Gasteiger partial charge in [-0.25, -0.2) is 9.97 Å². The molecule has 2 N–H and O–H groups in total. The summed E-state index contributed by atoms with van der Waals surface area (Å²) in [5.74, 6) is 1.75. The Labute approximate surface area is 139 Å². The lowest BCUT2D eigenvalue weighted by atomic mass is 9.81. The number of carbonyl (C=O) groups is 1. The summed E-state index contributed by atoms with van der Waals surface area (Å²) < 4.78 is 16.3. The average molecular weight is 329 g/mol. The van der Waals surface area contributed by atoms with Crippen LogP contribution in [0.1, 0.15) is 34.0 Å². The summed E-state index contributed by atoms with van der Waals surface area (Å²) in [5, 5.41) is 0. The van der Waals surface area contributed by atoms with Crippen LogP contribution in [0.4, 0.5) is 5.95 Å². The standard InChI is InChI=1S/C17H19N3O4/c1-22-14-5-4-10(15(23-2)16(14)24-3)9-6-12-11(13(21)7-9)8-19-17(18)20-12/h4-5,8-9H,6-7H2,1-3H3,(H2,18,19,20)/t9-/m1/s1. The van der Waals surface area contributed by atoms with Crippen LogP contribution in [0.2, 0.25) is 0 Å². The topological polar surface area (TPSA) is 96.6 Å². The van der Waals surface area contributed by atoms with Gasteiger partial charge in [0.2, 0.25) is 11.7 Å². The monoisotopic (exact) mass is 329 g/mol. The lowest BCUT2D eigenvalue weighted by Gasteiger charge is -2.25. The number of carbonyl (C=O) groups excluding carboxylic acids is 1. The number of ether oxygens (including phenoxy) is 3. The number of hydrogen-bond acceptors (Lipinski definition) is 7. The van der Waals surface area contributed by atoms with Crippen molar-refractivity contribution in [3.8, 4) is 17.2 Å². The first-order chi connectivity index (χ1) is 11.6. The van der Waals surface area contributed by atoms with Crippen LogP contribution in [0.15, 0.2) is 18.3 Å². The van der Waals surface area contributed by atoms with Crippen molar-refractivity contribution in [2.75, 3.05) is 27.1 Å². The molecule has 7 heteroatoms. The molecule has 0 amide bonds. The van der Waals surface area contributed by atoms with Crippen LogP contribution in [0.25, 0.3) is 0 Å². The van der Waals surface area contributed by atoms with E-state index in [2.05, 4.69) is 9.97 Å². The van der Waals surface area contributed by atoms with Crippen molar-refractivity contribution in [2.45, 2.75) is 18.8 Å². The number of fused-ring (bicyclic) bond motifs is 1. The molecule has 0 fully saturated rings. The van der Waals surface area contributed by atoms with Crippen molar-refractivity contribution in [1.29, 1.82) is 0 Å². The summed E-state index contributed by atoms with van der Waals surface area (Å²) in [5.41, 5.74) is 7.75. The van der Waals surface area contributed by atoms with E-state index in [9.17, 15) is 4.79 Å². The molecule has 0 spiro atoms. The molecule has 1 heterocycles. The first-order valence-electron chi connectivity index (χ1n) is 7.52. The molecule has 3 rings (SSSR count). The van der Waals surface area contributed by atoms with Gasteiger partial charge in [0, 0.05) is 24.1 Å². The molecule has 126 valence electrons. The fourth-order valence-corrected chi connectivity index (χ4v) is 3.13. The molecule has 2 aromatic rings. The number of rotatable bonds is 4. The maximum Gasteiger partial charge on any atom is 0.220 e. The first kappa shape index (κ1) is 16.0. The molecule has 0 saturated heterocycles. The Morgan fingerprint density at radius 3 is 2.50 bits per heavy atom. The van der Waals surface area contributed by atoms with E-state index in [4.69, 9.17) is 19.9 Å². The lowest BCUT2D eigenvalue weighted by molar-refractivity contribution is 0.0962. The number of benzene rings is 1. The zero-order valence-electron chi connectivity index (χ0n) is 13.8. The molecule has 0 unspecified atom stereocenters. The Kier molecular flexibility index (Phi) is 4.24. The summed E-state index contributed by atoms with van der Waals surface area (Å²) >= 11 is 0. The third-order valence-corrected chi connectivity index (χ3v) is 4.23. The summed E-state index contributed by atoms with van der Waals surface area (Å²) in [6.07, 6.45) is 2.44. The van der Waals surface area contributed by atoms with E-state index in [1.54, 1.807) is 21.3 Å². The number of nitrogens with zero attached hydrogens (tertiary/aromatic N) is 2. The largest absolute Gasteiger partial charge is 0.493 e. The van der Waals surface area contributed by atoms with Crippen molar-refractivity contribution >= 4 is 11.7 Å². The van der Waals surface area contributed by atoms with E-state index in [0.717, 1.165) is 5.56 Å². The Morgan fingerprint density at radius 1 is 1.08 bits per heavy atom. The molecule has 1 aliphatic rings. The minimum atomic E-state index is -0.0749. The maximum absolute atomic E-state index is 12.4. The number of nitrogen functional groups attached to an aromatic ring is 1. The van der Waals surface area contributed by atoms with Gasteiger partial charge in [-0.15, -0.1) is 0 Å². The molecule has 24 heavy (non-hydrogen) atoms. The van der Waals surface area contributed by atoms with Gasteiger partial charge in [0.05, 0.1) is 32.6 Å². The second-order valence-corrected chi connectivity index (χ2v) is 5.54. The van der Waals surface area contributed by atoms with E-state index in [1.807, 2.05) is 12.1 Å². The highest BCUT2D eigenvalue weighted by atomic mass is 16.5. The predicted octanol–water partition coefficient (Wildman–Crippen LogP) is 2.00. The van der Waals surface area contributed by atoms with Crippen molar-refractivity contribution in [2.24, 2.45) is 0 Å². The van der Waals surface area contributed by atoms with E-state index in [0.29, 0.717) is 41.3 Å². The second-order valence-electron chi connectivity index (χ2n) is 5.54. The number of aromatic nitrogens is 2. The quantitative estimate of drug-likeness (QED) is 0.916. The third-order valence-electron chi connectivity index (χ3n) is 4.23. The van der Waals surface area contributed by atoms with E-state index in [-0.39, 0.29) is 17.6 Å². The van der Waals surface area contributed by atoms with Crippen LogP contribution >= 0.6 is 0 Å². The number of methoxy groups -OCH3 is 3. The van der Waals surface area contributed by atoms with E-state index in [1.165, 1.54) is 6.20 Å². The average Bonchev–Trinajstić information content (AvgIpc) is 2.59. The van der Waals surface area contributed by atoms with Gasteiger partial charge in [-0.2, -0.15) is 0 Å². The zero-order valence-corrected chi connectivity index (χ0v) is 13.8. The van der Waals surface area contributed by atoms with Crippen molar-refractivity contribution in [3.05, 3.63) is 35.2 Å². The fourth-order valence-electron chi connectivity index (χ4n) is 3.13. The van der Waals surface area contributed by atoms with Crippen LogP contribution < -0.4 is 19.9 Å². The molecule has 7 nitrogen and oxygen atoms in total. The number of Topliss-reactive ketones (excluding diaryl/α,β-unsaturated/α-hetero) is 1. The summed E-state index contributed by atoms with van der Waals surface area (Å²) in [7, 11) is 4.69. The third kappa shape index (κ3) is 2.62. The van der Waals surface area contributed by atoms with Crippen LogP contribution in [-0.2, 0) is 6.42 Å². The fraction of sp³-hybridized carbons (Fsp3) is 0.353. The molecule has 1 atom stereocenters. The summed E-state index contributed by atoms with van der Waals surface area (Å²) in [6, 6.07) is 3.71. The van der Waals surface area contributed by atoms with Gasteiger partial charge in [0.1, 0.15) is 0 Å². The summed E-state index contributed by atoms with van der Waals surface area (Å²) in [6.45, 7) is 0. The normalized spacial score (nSPS) is 16.5. The molecule has 0 radical (unpaired) electrons. The Hall–Kier alpha value is -2.83. The highest BCUT2D eigenvalue weighted by molar-refractivity contribution is 5.98. The van der Waals surface area contributed by atoms with Gasteiger partial charge in [-0.05, 0) is 12.5 Å². The van der Waals surface area contributed by atoms with Crippen molar-refractivity contribution in [1.82, 2.24) is 9.97 Å². The molecule has 1 aromatic heterocycles. The SMILES string of the molecule is COc1ccc([C@H]2CC(=O)c3cnc(N)nc3C2)c(OC)c1OC. The number of ketones is 1. The Bertz CT molecular complexity index is 792. The van der Waals surface area contributed by atoms with Crippen LogP contribution in [0.3, 0.4) is 0 Å². The first-order valence-corrected chi connectivity index (χ1v) is 7.52. The zero-order chi connectivity index (χ0) is 17.3. The van der Waals surface area contributed by atoms with Gasteiger partial charge < -0.3 is 19.9 Å². The minimum absolute atomic E-state index is 0.00177. The van der Waals surface area contributed by atoms with E-state index >= 15 is 0 Å².